The third kappa shape index (κ3) is 4.42. The molecule has 1 saturated carbocycles. The Morgan fingerprint density at radius 3 is 2.68 bits per heavy atom. The summed E-state index contributed by atoms with van der Waals surface area (Å²) in [6.07, 6.45) is 2.90. The fourth-order valence-electron chi connectivity index (χ4n) is 4.27. The third-order valence-electron chi connectivity index (χ3n) is 6.12. The normalized spacial score (nSPS) is 18.8. The van der Waals surface area contributed by atoms with Crippen LogP contribution in [-0.2, 0) is 25.0 Å². The predicted molar refractivity (Wildman–Crippen MR) is 115 cm³/mol. The zero-order valence-corrected chi connectivity index (χ0v) is 17.8. The minimum absolute atomic E-state index is 0.118. The molecular weight excluding hydrogens is 398 g/mol. The number of nitrogens with zero attached hydrogens (tertiary/aromatic N) is 3. The lowest BCUT2D eigenvalue weighted by atomic mass is 9.82. The van der Waals surface area contributed by atoms with Gasteiger partial charge >= 0.3 is 11.7 Å². The highest BCUT2D eigenvalue weighted by molar-refractivity contribution is 5.72. The van der Waals surface area contributed by atoms with Crippen LogP contribution in [0.15, 0.2) is 41.2 Å². The summed E-state index contributed by atoms with van der Waals surface area (Å²) in [5.41, 5.74) is 2.18. The average Bonchev–Trinajstić information content (AvgIpc) is 3.02. The zero-order chi connectivity index (χ0) is 22.0. The van der Waals surface area contributed by atoms with E-state index in [1.807, 2.05) is 30.3 Å². The van der Waals surface area contributed by atoms with E-state index in [4.69, 9.17) is 9.47 Å². The molecule has 0 amide bonds. The van der Waals surface area contributed by atoms with Crippen LogP contribution < -0.4 is 15.2 Å². The molecule has 0 atom stereocenters. The van der Waals surface area contributed by atoms with Crippen LogP contribution in [0, 0.1) is 11.8 Å². The van der Waals surface area contributed by atoms with Crippen molar-refractivity contribution in [3.63, 3.8) is 0 Å². The highest BCUT2D eigenvalue weighted by atomic mass is 16.5. The molecule has 0 spiro atoms. The van der Waals surface area contributed by atoms with E-state index >= 15 is 0 Å². The minimum atomic E-state index is -0.722. The first kappa shape index (κ1) is 21.0. The summed E-state index contributed by atoms with van der Waals surface area (Å²) in [6.45, 7) is 0.876. The minimum Gasteiger partial charge on any atom is -0.497 e. The van der Waals surface area contributed by atoms with Crippen LogP contribution in [0.5, 0.6) is 11.6 Å². The van der Waals surface area contributed by atoms with Crippen LogP contribution in [0.1, 0.15) is 31.2 Å². The van der Waals surface area contributed by atoms with Crippen molar-refractivity contribution >= 4 is 17.1 Å². The van der Waals surface area contributed by atoms with Crippen molar-refractivity contribution in [1.82, 2.24) is 14.1 Å². The number of pyridine rings is 1. The topological polar surface area (TPSA) is 95.6 Å². The Balaban J connectivity index is 1.53. The van der Waals surface area contributed by atoms with Gasteiger partial charge in [-0.05, 0) is 55.4 Å². The molecule has 0 unspecified atom stereocenters. The number of aromatic nitrogens is 3. The van der Waals surface area contributed by atoms with Crippen LogP contribution in [0.3, 0.4) is 0 Å². The van der Waals surface area contributed by atoms with Gasteiger partial charge in [0.25, 0.3) is 0 Å². The summed E-state index contributed by atoms with van der Waals surface area (Å²) in [4.78, 5) is 28.6. The first-order valence-electron chi connectivity index (χ1n) is 10.5. The van der Waals surface area contributed by atoms with E-state index in [1.165, 1.54) is 0 Å². The molecule has 3 aromatic rings. The van der Waals surface area contributed by atoms with Crippen molar-refractivity contribution in [3.8, 4) is 11.6 Å². The number of carboxylic acids is 1. The molecule has 4 rings (SSSR count). The van der Waals surface area contributed by atoms with Crippen molar-refractivity contribution in [2.24, 2.45) is 18.9 Å². The third-order valence-corrected chi connectivity index (χ3v) is 6.12. The molecule has 1 fully saturated rings. The Morgan fingerprint density at radius 1 is 1.19 bits per heavy atom. The van der Waals surface area contributed by atoms with Gasteiger partial charge in [-0.2, -0.15) is 4.98 Å². The van der Waals surface area contributed by atoms with E-state index in [-0.39, 0.29) is 17.5 Å². The fourth-order valence-corrected chi connectivity index (χ4v) is 4.27. The Morgan fingerprint density at radius 2 is 1.97 bits per heavy atom. The van der Waals surface area contributed by atoms with Crippen LogP contribution in [0.25, 0.3) is 11.2 Å². The monoisotopic (exact) mass is 425 g/mol. The van der Waals surface area contributed by atoms with Gasteiger partial charge in [-0.15, -0.1) is 0 Å². The van der Waals surface area contributed by atoms with Crippen LogP contribution in [-0.4, -0.2) is 32.3 Å². The molecule has 8 nitrogen and oxygen atoms in total. The molecule has 1 N–H and O–H groups in total. The molecular formula is C23H27N3O5. The maximum atomic E-state index is 12.8. The van der Waals surface area contributed by atoms with Crippen LogP contribution in [0.4, 0.5) is 0 Å². The number of benzene rings is 1. The summed E-state index contributed by atoms with van der Waals surface area (Å²) in [5.74, 6) is 0.487. The van der Waals surface area contributed by atoms with E-state index in [0.29, 0.717) is 37.5 Å². The fraction of sp³-hybridized carbons (Fsp3) is 0.435. The van der Waals surface area contributed by atoms with Crippen molar-refractivity contribution < 1.29 is 19.4 Å². The molecule has 0 saturated heterocycles. The number of aryl methyl sites for hydroxylation is 1. The van der Waals surface area contributed by atoms with Gasteiger partial charge in [0.05, 0.1) is 18.5 Å². The van der Waals surface area contributed by atoms with Gasteiger partial charge in [0, 0.05) is 19.7 Å². The molecule has 31 heavy (non-hydrogen) atoms. The summed E-state index contributed by atoms with van der Waals surface area (Å²) in [5, 5.41) is 9.21. The van der Waals surface area contributed by atoms with Crippen molar-refractivity contribution in [2.45, 2.75) is 38.8 Å². The lowest BCUT2D eigenvalue weighted by molar-refractivity contribution is -0.143. The number of hydrogen-bond acceptors (Lipinski definition) is 5. The molecule has 0 radical (unpaired) electrons. The van der Waals surface area contributed by atoms with Crippen LogP contribution >= 0.6 is 0 Å². The molecule has 164 valence electrons. The predicted octanol–water partition coefficient (Wildman–Crippen LogP) is 3.21. The molecule has 1 aromatic carbocycles. The summed E-state index contributed by atoms with van der Waals surface area (Å²) in [7, 11) is 3.36. The molecule has 0 bridgehead atoms. The number of carboxylic acid groups (broad SMARTS) is 1. The SMILES string of the molecule is COc1cccc(COc2ccc3c(n2)n(CC2CCC(C(=O)O)CC2)c(=O)n3C)c1. The van der Waals surface area contributed by atoms with Gasteiger partial charge in [0.15, 0.2) is 5.65 Å². The second-order valence-electron chi connectivity index (χ2n) is 8.14. The number of hydrogen-bond donors (Lipinski definition) is 1. The number of rotatable bonds is 7. The van der Waals surface area contributed by atoms with Gasteiger partial charge in [-0.3, -0.25) is 13.9 Å². The van der Waals surface area contributed by atoms with Gasteiger partial charge in [0.1, 0.15) is 12.4 Å². The lowest BCUT2D eigenvalue weighted by Gasteiger charge is -2.26. The average molecular weight is 425 g/mol. The second kappa shape index (κ2) is 8.83. The van der Waals surface area contributed by atoms with E-state index in [0.717, 1.165) is 29.7 Å². The lowest BCUT2D eigenvalue weighted by Crippen LogP contribution is -2.29. The van der Waals surface area contributed by atoms with E-state index in [1.54, 1.807) is 29.4 Å². The maximum absolute atomic E-state index is 12.8. The van der Waals surface area contributed by atoms with Crippen molar-refractivity contribution in [1.29, 1.82) is 0 Å². The number of imidazole rings is 1. The number of ether oxygens (including phenoxy) is 2. The number of methoxy groups -OCH3 is 1. The van der Waals surface area contributed by atoms with Gasteiger partial charge < -0.3 is 14.6 Å². The molecule has 2 aromatic heterocycles. The standard InChI is InChI=1S/C23H27N3O5/c1-25-19-10-11-20(31-14-16-4-3-5-18(12-16)30-2)24-21(19)26(23(25)29)13-15-6-8-17(9-7-15)22(27)28/h3-5,10-12,15,17H,6-9,13-14H2,1-2H3,(H,27,28). The highest BCUT2D eigenvalue weighted by Gasteiger charge is 2.27. The summed E-state index contributed by atoms with van der Waals surface area (Å²) >= 11 is 0. The van der Waals surface area contributed by atoms with Crippen LogP contribution in [0.2, 0.25) is 0 Å². The Hall–Kier alpha value is -3.29. The van der Waals surface area contributed by atoms with Gasteiger partial charge in [-0.25, -0.2) is 4.79 Å². The second-order valence-corrected chi connectivity index (χ2v) is 8.14. The van der Waals surface area contributed by atoms with Gasteiger partial charge in [-0.1, -0.05) is 12.1 Å². The number of carbonyl (C=O) groups is 1. The number of aliphatic carboxylic acids is 1. The Labute approximate surface area is 180 Å². The van der Waals surface area contributed by atoms with E-state index < -0.39 is 5.97 Å². The Bertz CT molecular complexity index is 1140. The first-order valence-corrected chi connectivity index (χ1v) is 10.5. The quantitative estimate of drug-likeness (QED) is 0.625. The van der Waals surface area contributed by atoms with E-state index in [9.17, 15) is 14.7 Å². The zero-order valence-electron chi connectivity index (χ0n) is 17.8. The first-order chi connectivity index (χ1) is 15.0. The summed E-state index contributed by atoms with van der Waals surface area (Å²) < 4.78 is 14.4. The smallest absolute Gasteiger partial charge is 0.330 e. The summed E-state index contributed by atoms with van der Waals surface area (Å²) in [6, 6.07) is 11.3. The molecule has 2 heterocycles. The number of fused-ring (bicyclic) bond motifs is 1. The maximum Gasteiger partial charge on any atom is 0.330 e. The molecule has 8 heteroatoms. The Kier molecular flexibility index (Phi) is 5.97. The molecule has 1 aliphatic carbocycles. The largest absolute Gasteiger partial charge is 0.497 e. The van der Waals surface area contributed by atoms with Crippen molar-refractivity contribution in [2.75, 3.05) is 7.11 Å². The van der Waals surface area contributed by atoms with Crippen molar-refractivity contribution in [3.05, 3.63) is 52.4 Å². The molecule has 0 aliphatic heterocycles. The van der Waals surface area contributed by atoms with E-state index in [2.05, 4.69) is 4.98 Å². The highest BCUT2D eigenvalue weighted by Crippen LogP contribution is 2.30. The molecule has 1 aliphatic rings. The van der Waals surface area contributed by atoms with Gasteiger partial charge in [0.2, 0.25) is 5.88 Å².